The van der Waals surface area contributed by atoms with E-state index in [0.29, 0.717) is 0 Å². The lowest BCUT2D eigenvalue weighted by Crippen LogP contribution is -2.15. The summed E-state index contributed by atoms with van der Waals surface area (Å²) < 4.78 is 0. The lowest BCUT2D eigenvalue weighted by molar-refractivity contribution is 0.631. The van der Waals surface area contributed by atoms with E-state index in [9.17, 15) is 0 Å². The van der Waals surface area contributed by atoms with Crippen LogP contribution in [0.25, 0.3) is 10.4 Å². The normalized spacial score (nSPS) is 14.9. The zero-order valence-electron chi connectivity index (χ0n) is 13.3. The van der Waals surface area contributed by atoms with Crippen molar-refractivity contribution in [3.8, 4) is 10.4 Å². The average Bonchev–Trinajstić information content (AvgIpc) is 3.02. The van der Waals surface area contributed by atoms with Crippen molar-refractivity contribution in [2.24, 2.45) is 0 Å². The number of hydrogen-bond donors (Lipinski definition) is 1. The molecule has 1 aliphatic rings. The highest BCUT2D eigenvalue weighted by atomic mass is 32.1. The third-order valence-electron chi connectivity index (χ3n) is 4.14. The van der Waals surface area contributed by atoms with Crippen LogP contribution in [0.2, 0.25) is 0 Å². The molecule has 0 spiro atoms. The van der Waals surface area contributed by atoms with Gasteiger partial charge in [-0.15, -0.1) is 11.3 Å². The fourth-order valence-electron chi connectivity index (χ4n) is 2.90. The quantitative estimate of drug-likeness (QED) is 0.593. The number of hydrogen-bond acceptors (Lipinski definition) is 3. The fraction of sp³-hybridized carbons (Fsp3) is 0.421. The van der Waals surface area contributed by atoms with Gasteiger partial charge in [0.15, 0.2) is 0 Å². The van der Waals surface area contributed by atoms with Crippen molar-refractivity contribution in [2.45, 2.75) is 45.6 Å². The Kier molecular flexibility index (Phi) is 5.41. The summed E-state index contributed by atoms with van der Waals surface area (Å²) in [6, 6.07) is 8.63. The maximum Gasteiger partial charge on any atom is 0.107 e. The molecule has 0 bridgehead atoms. The number of nitrogens with one attached hydrogen (secondary N) is 1. The fourth-order valence-corrected chi connectivity index (χ4v) is 3.78. The van der Waals surface area contributed by atoms with Crippen molar-refractivity contribution in [1.82, 2.24) is 10.3 Å². The van der Waals surface area contributed by atoms with Crippen LogP contribution in [0.3, 0.4) is 0 Å². The largest absolute Gasteiger partial charge is 0.310 e. The zero-order valence-corrected chi connectivity index (χ0v) is 14.1. The topological polar surface area (TPSA) is 24.9 Å². The first-order valence-corrected chi connectivity index (χ1v) is 9.03. The van der Waals surface area contributed by atoms with Crippen LogP contribution in [0.15, 0.2) is 42.1 Å². The van der Waals surface area contributed by atoms with E-state index in [1.54, 1.807) is 16.9 Å². The van der Waals surface area contributed by atoms with E-state index in [2.05, 4.69) is 47.6 Å². The standard InChI is InChI=1S/C19H24N2S/c1-15-6-5-9-17(12-15)18-13-21-19(22-18)14-20-11-10-16-7-3-2-4-8-16/h5-7,9,12-13,20H,2-4,8,10-11,14H2,1H3. The molecular weight excluding hydrogens is 288 g/mol. The van der Waals surface area contributed by atoms with Crippen molar-refractivity contribution in [3.05, 3.63) is 52.7 Å². The molecule has 0 fully saturated rings. The molecule has 2 aromatic rings. The second-order valence-electron chi connectivity index (χ2n) is 6.02. The first-order chi connectivity index (χ1) is 10.8. The molecule has 1 aliphatic carbocycles. The van der Waals surface area contributed by atoms with Gasteiger partial charge in [0.25, 0.3) is 0 Å². The second-order valence-corrected chi connectivity index (χ2v) is 7.14. The van der Waals surface area contributed by atoms with Crippen LogP contribution < -0.4 is 5.32 Å². The molecular formula is C19H24N2S. The Morgan fingerprint density at radius 3 is 3.05 bits per heavy atom. The molecule has 116 valence electrons. The summed E-state index contributed by atoms with van der Waals surface area (Å²) in [7, 11) is 0. The van der Waals surface area contributed by atoms with Crippen LogP contribution in [0.4, 0.5) is 0 Å². The van der Waals surface area contributed by atoms with Crippen molar-refractivity contribution in [1.29, 1.82) is 0 Å². The number of aromatic nitrogens is 1. The van der Waals surface area contributed by atoms with E-state index in [-0.39, 0.29) is 0 Å². The molecule has 0 radical (unpaired) electrons. The summed E-state index contributed by atoms with van der Waals surface area (Å²) >= 11 is 1.79. The van der Waals surface area contributed by atoms with Crippen molar-refractivity contribution in [2.75, 3.05) is 6.54 Å². The highest BCUT2D eigenvalue weighted by molar-refractivity contribution is 7.15. The summed E-state index contributed by atoms with van der Waals surface area (Å²) in [5.74, 6) is 0. The number of aryl methyl sites for hydroxylation is 1. The molecule has 1 aromatic heterocycles. The van der Waals surface area contributed by atoms with E-state index in [1.165, 1.54) is 53.1 Å². The molecule has 22 heavy (non-hydrogen) atoms. The summed E-state index contributed by atoms with van der Waals surface area (Å²) in [6.07, 6.45) is 11.0. The number of thiazole rings is 1. The van der Waals surface area contributed by atoms with E-state index in [0.717, 1.165) is 13.1 Å². The van der Waals surface area contributed by atoms with Gasteiger partial charge in [-0.25, -0.2) is 4.98 Å². The predicted octanol–water partition coefficient (Wildman–Crippen LogP) is 5.10. The Morgan fingerprint density at radius 1 is 1.27 bits per heavy atom. The maximum absolute atomic E-state index is 4.55. The monoisotopic (exact) mass is 312 g/mol. The predicted molar refractivity (Wildman–Crippen MR) is 95.2 cm³/mol. The van der Waals surface area contributed by atoms with Crippen molar-refractivity contribution < 1.29 is 0 Å². The highest BCUT2D eigenvalue weighted by Crippen LogP contribution is 2.26. The van der Waals surface area contributed by atoms with Gasteiger partial charge in [-0.1, -0.05) is 41.5 Å². The van der Waals surface area contributed by atoms with Crippen LogP contribution >= 0.6 is 11.3 Å². The Hall–Kier alpha value is -1.45. The molecule has 1 aromatic carbocycles. The molecule has 0 unspecified atom stereocenters. The van der Waals surface area contributed by atoms with Crippen LogP contribution in [0.1, 0.15) is 42.7 Å². The third-order valence-corrected chi connectivity index (χ3v) is 5.19. The number of benzene rings is 1. The lowest BCUT2D eigenvalue weighted by Gasteiger charge is -2.12. The minimum absolute atomic E-state index is 0.879. The molecule has 3 rings (SSSR count). The van der Waals surface area contributed by atoms with Gasteiger partial charge in [0.05, 0.1) is 4.88 Å². The highest BCUT2D eigenvalue weighted by Gasteiger charge is 2.06. The van der Waals surface area contributed by atoms with Gasteiger partial charge in [-0.05, 0) is 51.1 Å². The Balaban J connectivity index is 1.48. The van der Waals surface area contributed by atoms with E-state index >= 15 is 0 Å². The van der Waals surface area contributed by atoms with Gasteiger partial charge >= 0.3 is 0 Å². The molecule has 1 heterocycles. The van der Waals surface area contributed by atoms with Crippen LogP contribution in [0, 0.1) is 6.92 Å². The van der Waals surface area contributed by atoms with E-state index < -0.39 is 0 Å². The van der Waals surface area contributed by atoms with Gasteiger partial charge in [-0.3, -0.25) is 0 Å². The smallest absolute Gasteiger partial charge is 0.107 e. The summed E-state index contributed by atoms with van der Waals surface area (Å²) in [6.45, 7) is 4.07. The van der Waals surface area contributed by atoms with Gasteiger partial charge in [0.2, 0.25) is 0 Å². The van der Waals surface area contributed by atoms with E-state index in [1.807, 2.05) is 6.20 Å². The Morgan fingerprint density at radius 2 is 2.23 bits per heavy atom. The summed E-state index contributed by atoms with van der Waals surface area (Å²) in [5.41, 5.74) is 4.21. The Bertz CT molecular complexity index is 642. The number of rotatable bonds is 6. The van der Waals surface area contributed by atoms with Crippen LogP contribution in [-0.2, 0) is 6.54 Å². The molecule has 0 aliphatic heterocycles. The SMILES string of the molecule is Cc1cccc(-c2cnc(CNCCC3=CCCCC3)s2)c1. The molecule has 0 amide bonds. The van der Waals surface area contributed by atoms with Gasteiger partial charge < -0.3 is 5.32 Å². The van der Waals surface area contributed by atoms with Crippen molar-refractivity contribution >= 4 is 11.3 Å². The Labute approximate surface area is 137 Å². The van der Waals surface area contributed by atoms with Gasteiger partial charge in [-0.2, -0.15) is 0 Å². The molecule has 0 saturated carbocycles. The van der Waals surface area contributed by atoms with Gasteiger partial charge in [0.1, 0.15) is 5.01 Å². The van der Waals surface area contributed by atoms with E-state index in [4.69, 9.17) is 0 Å². The molecule has 0 atom stereocenters. The summed E-state index contributed by atoms with van der Waals surface area (Å²) in [4.78, 5) is 5.81. The maximum atomic E-state index is 4.55. The lowest BCUT2D eigenvalue weighted by atomic mass is 9.97. The van der Waals surface area contributed by atoms with Crippen LogP contribution in [0.5, 0.6) is 0 Å². The molecule has 2 nitrogen and oxygen atoms in total. The van der Waals surface area contributed by atoms with Crippen molar-refractivity contribution in [3.63, 3.8) is 0 Å². The number of allylic oxidation sites excluding steroid dienone is 1. The zero-order chi connectivity index (χ0) is 15.2. The van der Waals surface area contributed by atoms with Crippen LogP contribution in [-0.4, -0.2) is 11.5 Å². The van der Waals surface area contributed by atoms with Gasteiger partial charge in [0, 0.05) is 12.7 Å². The first-order valence-electron chi connectivity index (χ1n) is 8.21. The first kappa shape index (κ1) is 15.4. The second kappa shape index (κ2) is 7.70. The minimum atomic E-state index is 0.879. The molecule has 0 saturated heterocycles. The average molecular weight is 312 g/mol. The minimum Gasteiger partial charge on any atom is -0.310 e. The summed E-state index contributed by atoms with van der Waals surface area (Å²) in [5, 5.41) is 4.71. The molecule has 1 N–H and O–H groups in total. The third kappa shape index (κ3) is 4.28. The molecule has 3 heteroatoms. The number of nitrogens with zero attached hydrogens (tertiary/aromatic N) is 1.